The number of imidazole rings is 1. The summed E-state index contributed by atoms with van der Waals surface area (Å²) in [7, 11) is 3.23. The van der Waals surface area contributed by atoms with Crippen molar-refractivity contribution in [1.82, 2.24) is 20.2 Å². The van der Waals surface area contributed by atoms with Crippen LogP contribution in [0.15, 0.2) is 42.5 Å². The van der Waals surface area contributed by atoms with Gasteiger partial charge in [-0.25, -0.2) is 9.78 Å². The van der Waals surface area contributed by atoms with Crippen LogP contribution in [0.2, 0.25) is 0 Å². The van der Waals surface area contributed by atoms with Gasteiger partial charge in [-0.1, -0.05) is 32.0 Å². The number of benzene rings is 2. The molecule has 2 N–H and O–H groups in total. The minimum atomic E-state index is -0.149. The number of nitrogens with zero attached hydrogens (tertiary/aromatic N) is 2. The number of urea groups is 1. The van der Waals surface area contributed by atoms with Gasteiger partial charge < -0.3 is 24.7 Å². The second-order valence-corrected chi connectivity index (χ2v) is 8.28. The Labute approximate surface area is 182 Å². The highest BCUT2D eigenvalue weighted by molar-refractivity contribution is 5.77. The summed E-state index contributed by atoms with van der Waals surface area (Å²) in [5.41, 5.74) is 2.91. The Kier molecular flexibility index (Phi) is 6.02. The van der Waals surface area contributed by atoms with Gasteiger partial charge in [0.1, 0.15) is 5.82 Å². The van der Waals surface area contributed by atoms with Crippen molar-refractivity contribution in [3.8, 4) is 11.5 Å². The number of ether oxygens (including phenoxy) is 2. The molecule has 1 aliphatic heterocycles. The Morgan fingerprint density at radius 3 is 2.65 bits per heavy atom. The Morgan fingerprint density at radius 1 is 1.16 bits per heavy atom. The van der Waals surface area contributed by atoms with E-state index >= 15 is 0 Å². The van der Waals surface area contributed by atoms with Gasteiger partial charge in [-0.3, -0.25) is 0 Å². The smallest absolute Gasteiger partial charge is 0.318 e. The molecular weight excluding hydrogens is 392 g/mol. The van der Waals surface area contributed by atoms with E-state index in [9.17, 15) is 4.79 Å². The molecule has 1 fully saturated rings. The van der Waals surface area contributed by atoms with E-state index in [1.807, 2.05) is 47.4 Å². The van der Waals surface area contributed by atoms with Gasteiger partial charge in [-0.2, -0.15) is 0 Å². The third kappa shape index (κ3) is 4.17. The van der Waals surface area contributed by atoms with Crippen molar-refractivity contribution in [3.63, 3.8) is 0 Å². The number of carbonyl (C=O) groups is 1. The fraction of sp³-hybridized carbons (Fsp3) is 0.417. The number of para-hydroxylation sites is 2. The van der Waals surface area contributed by atoms with Crippen molar-refractivity contribution < 1.29 is 14.3 Å². The van der Waals surface area contributed by atoms with Gasteiger partial charge in [-0.15, -0.1) is 0 Å². The summed E-state index contributed by atoms with van der Waals surface area (Å²) >= 11 is 0. The average Bonchev–Trinajstić information content (AvgIpc) is 3.43. The molecule has 2 atom stereocenters. The van der Waals surface area contributed by atoms with Gasteiger partial charge in [0, 0.05) is 6.54 Å². The van der Waals surface area contributed by atoms with Crippen LogP contribution in [0.3, 0.4) is 0 Å². The van der Waals surface area contributed by atoms with Crippen LogP contribution in [0.25, 0.3) is 11.0 Å². The SMILES string of the molecule is COc1ccc(C(NC(=O)N2CCCC2c2nc3ccccc3[nH]2)C(C)C)cc1OC. The second kappa shape index (κ2) is 8.88. The van der Waals surface area contributed by atoms with Gasteiger partial charge in [0.05, 0.1) is 37.3 Å². The molecule has 4 rings (SSSR count). The molecule has 3 aromatic rings. The molecule has 164 valence electrons. The molecule has 1 saturated heterocycles. The second-order valence-electron chi connectivity index (χ2n) is 8.28. The first-order chi connectivity index (χ1) is 15.0. The Bertz CT molecular complexity index is 1030. The molecular formula is C24H30N4O3. The maximum atomic E-state index is 13.3. The van der Waals surface area contributed by atoms with Crippen molar-refractivity contribution in [2.45, 2.75) is 38.8 Å². The normalized spacial score (nSPS) is 17.2. The number of carbonyl (C=O) groups excluding carboxylic acids is 1. The summed E-state index contributed by atoms with van der Waals surface area (Å²) in [6.45, 7) is 4.91. The summed E-state index contributed by atoms with van der Waals surface area (Å²) in [5.74, 6) is 2.38. The number of H-pyrrole nitrogens is 1. The Hall–Kier alpha value is -3.22. The lowest BCUT2D eigenvalue weighted by Gasteiger charge is -2.29. The first-order valence-electron chi connectivity index (χ1n) is 10.8. The zero-order valence-electron chi connectivity index (χ0n) is 18.5. The predicted octanol–water partition coefficient (Wildman–Crippen LogP) is 4.82. The molecule has 0 spiro atoms. The molecule has 2 amide bonds. The van der Waals surface area contributed by atoms with E-state index in [0.29, 0.717) is 18.0 Å². The van der Waals surface area contributed by atoms with Crippen LogP contribution in [-0.2, 0) is 0 Å². The summed E-state index contributed by atoms with van der Waals surface area (Å²) in [6, 6.07) is 13.5. The first kappa shape index (κ1) is 21.0. The van der Waals surface area contributed by atoms with Crippen LogP contribution in [0.4, 0.5) is 4.79 Å². The highest BCUT2D eigenvalue weighted by atomic mass is 16.5. The third-order valence-electron chi connectivity index (χ3n) is 5.95. The van der Waals surface area contributed by atoms with E-state index in [1.165, 1.54) is 0 Å². The maximum Gasteiger partial charge on any atom is 0.318 e. The average molecular weight is 423 g/mol. The van der Waals surface area contributed by atoms with Gasteiger partial charge in [0.2, 0.25) is 0 Å². The van der Waals surface area contributed by atoms with Crippen molar-refractivity contribution in [2.75, 3.05) is 20.8 Å². The van der Waals surface area contributed by atoms with Crippen molar-refractivity contribution >= 4 is 17.1 Å². The van der Waals surface area contributed by atoms with Crippen LogP contribution in [0.1, 0.15) is 50.2 Å². The molecule has 0 saturated carbocycles. The van der Waals surface area contributed by atoms with Gasteiger partial charge in [0.25, 0.3) is 0 Å². The van der Waals surface area contributed by atoms with Gasteiger partial charge in [0.15, 0.2) is 11.5 Å². The third-order valence-corrected chi connectivity index (χ3v) is 5.95. The molecule has 31 heavy (non-hydrogen) atoms. The molecule has 7 heteroatoms. The molecule has 2 unspecified atom stereocenters. The molecule has 0 aliphatic carbocycles. The Morgan fingerprint density at radius 2 is 1.94 bits per heavy atom. The van der Waals surface area contributed by atoms with E-state index in [0.717, 1.165) is 35.3 Å². The lowest BCUT2D eigenvalue weighted by molar-refractivity contribution is 0.183. The highest BCUT2D eigenvalue weighted by Crippen LogP contribution is 2.34. The number of fused-ring (bicyclic) bond motifs is 1. The van der Waals surface area contributed by atoms with E-state index in [4.69, 9.17) is 14.5 Å². The number of rotatable bonds is 6. The molecule has 2 aromatic carbocycles. The highest BCUT2D eigenvalue weighted by Gasteiger charge is 2.33. The lowest BCUT2D eigenvalue weighted by Crippen LogP contribution is -2.42. The summed E-state index contributed by atoms with van der Waals surface area (Å²) in [6.07, 6.45) is 1.85. The van der Waals surface area contributed by atoms with Gasteiger partial charge >= 0.3 is 6.03 Å². The Balaban J connectivity index is 1.55. The number of aromatic nitrogens is 2. The maximum absolute atomic E-state index is 13.3. The van der Waals surface area contributed by atoms with Crippen LogP contribution in [0.5, 0.6) is 11.5 Å². The van der Waals surface area contributed by atoms with Gasteiger partial charge in [-0.05, 0) is 48.6 Å². The first-order valence-corrected chi connectivity index (χ1v) is 10.8. The van der Waals surface area contributed by atoms with Crippen LogP contribution in [0, 0.1) is 5.92 Å². The van der Waals surface area contributed by atoms with E-state index < -0.39 is 0 Å². The van der Waals surface area contributed by atoms with E-state index in [1.54, 1.807) is 14.2 Å². The minimum absolute atomic E-state index is 0.0504. The van der Waals surface area contributed by atoms with Crippen LogP contribution < -0.4 is 14.8 Å². The molecule has 1 aromatic heterocycles. The number of nitrogens with one attached hydrogen (secondary N) is 2. The molecule has 2 heterocycles. The predicted molar refractivity (Wildman–Crippen MR) is 120 cm³/mol. The number of likely N-dealkylation sites (tertiary alicyclic amines) is 1. The van der Waals surface area contributed by atoms with Crippen LogP contribution >= 0.6 is 0 Å². The van der Waals surface area contributed by atoms with Crippen LogP contribution in [-0.4, -0.2) is 41.7 Å². The molecule has 7 nitrogen and oxygen atoms in total. The van der Waals surface area contributed by atoms with Crippen molar-refractivity contribution in [1.29, 1.82) is 0 Å². The topological polar surface area (TPSA) is 79.5 Å². The summed E-state index contributed by atoms with van der Waals surface area (Å²) in [4.78, 5) is 23.4. The van der Waals surface area contributed by atoms with E-state index in [-0.39, 0.29) is 24.0 Å². The standard InChI is InChI=1S/C24H30N4O3/c1-15(2)22(16-11-12-20(30-3)21(14-16)31-4)27-24(29)28-13-7-10-19(28)23-25-17-8-5-6-9-18(17)26-23/h5-6,8-9,11-12,14-15,19,22H,7,10,13H2,1-4H3,(H,25,26)(H,27,29). The number of amides is 2. The summed E-state index contributed by atoms with van der Waals surface area (Å²) in [5, 5.41) is 3.25. The van der Waals surface area contributed by atoms with E-state index in [2.05, 4.69) is 24.1 Å². The molecule has 1 aliphatic rings. The van der Waals surface area contributed by atoms with Crippen molar-refractivity contribution in [3.05, 3.63) is 53.9 Å². The summed E-state index contributed by atoms with van der Waals surface area (Å²) < 4.78 is 10.8. The molecule has 0 bridgehead atoms. The fourth-order valence-corrected chi connectivity index (χ4v) is 4.32. The quantitative estimate of drug-likeness (QED) is 0.597. The zero-order chi connectivity index (χ0) is 22.0. The number of hydrogen-bond donors (Lipinski definition) is 2. The largest absolute Gasteiger partial charge is 0.493 e. The number of methoxy groups -OCH3 is 2. The molecule has 0 radical (unpaired) electrons. The lowest BCUT2D eigenvalue weighted by atomic mass is 9.95. The fourth-order valence-electron chi connectivity index (χ4n) is 4.32. The number of aromatic amines is 1. The zero-order valence-corrected chi connectivity index (χ0v) is 18.5. The minimum Gasteiger partial charge on any atom is -0.493 e. The van der Waals surface area contributed by atoms with Crippen molar-refractivity contribution in [2.24, 2.45) is 5.92 Å². The monoisotopic (exact) mass is 422 g/mol. The number of hydrogen-bond acceptors (Lipinski definition) is 4.